The number of nitrogens with one attached hydrogen (secondary N) is 1. The van der Waals surface area contributed by atoms with E-state index in [9.17, 15) is 14.4 Å². The number of methoxy groups -OCH3 is 3. The maximum atomic E-state index is 12.5. The van der Waals surface area contributed by atoms with Crippen molar-refractivity contribution >= 4 is 23.6 Å². The maximum Gasteiger partial charge on any atom is 0.355 e. The second-order valence-electron chi connectivity index (χ2n) is 5.72. The summed E-state index contributed by atoms with van der Waals surface area (Å²) in [6.45, 7) is 1.91. The lowest BCUT2D eigenvalue weighted by Crippen LogP contribution is -2.25. The van der Waals surface area contributed by atoms with E-state index in [0.29, 0.717) is 5.69 Å². The van der Waals surface area contributed by atoms with Crippen LogP contribution in [0.1, 0.15) is 5.56 Å². The Labute approximate surface area is 158 Å². The minimum Gasteiger partial charge on any atom is -0.465 e. The van der Waals surface area contributed by atoms with Gasteiger partial charge in [-0.25, -0.2) is 14.4 Å². The molecule has 0 atom stereocenters. The van der Waals surface area contributed by atoms with E-state index in [1.165, 1.54) is 25.3 Å². The number of benzene rings is 1. The van der Waals surface area contributed by atoms with Crippen molar-refractivity contribution in [3.63, 3.8) is 0 Å². The standard InChI is InChI=1S/C19H24N2O6/c1-12-7-9-13(10-8-12)20-16(19(24)27-6)15(18(23)26-5)14(11-21(2)3)17(22)25-4/h7-11,20H,1-6H3/b14-11+,16-15+. The van der Waals surface area contributed by atoms with E-state index >= 15 is 0 Å². The fraction of sp³-hybridized carbons (Fsp3) is 0.316. The minimum atomic E-state index is -0.895. The van der Waals surface area contributed by atoms with Crippen LogP contribution in [0.2, 0.25) is 0 Å². The first-order valence-electron chi connectivity index (χ1n) is 7.96. The molecule has 0 heterocycles. The molecule has 0 spiro atoms. The zero-order chi connectivity index (χ0) is 20.6. The lowest BCUT2D eigenvalue weighted by molar-refractivity contribution is -0.140. The molecule has 0 aliphatic heterocycles. The molecule has 0 amide bonds. The zero-order valence-corrected chi connectivity index (χ0v) is 16.3. The van der Waals surface area contributed by atoms with Gasteiger partial charge in [-0.15, -0.1) is 0 Å². The highest BCUT2D eigenvalue weighted by Crippen LogP contribution is 2.22. The van der Waals surface area contributed by atoms with Gasteiger partial charge in [-0.3, -0.25) is 0 Å². The van der Waals surface area contributed by atoms with E-state index in [0.717, 1.165) is 12.7 Å². The normalized spacial score (nSPS) is 11.9. The predicted octanol–water partition coefficient (Wildman–Crippen LogP) is 1.63. The molecule has 146 valence electrons. The molecule has 1 aromatic rings. The number of aryl methyl sites for hydroxylation is 1. The van der Waals surface area contributed by atoms with Crippen LogP contribution in [0.15, 0.2) is 47.3 Å². The lowest BCUT2D eigenvalue weighted by Gasteiger charge is -2.17. The van der Waals surface area contributed by atoms with Gasteiger partial charge in [0.1, 0.15) is 11.3 Å². The highest BCUT2D eigenvalue weighted by Gasteiger charge is 2.30. The van der Waals surface area contributed by atoms with Gasteiger partial charge in [-0.2, -0.15) is 0 Å². The molecule has 0 aliphatic carbocycles. The number of anilines is 1. The third-order valence-electron chi connectivity index (χ3n) is 3.41. The Hall–Kier alpha value is -3.29. The molecule has 1 rings (SSSR count). The second-order valence-corrected chi connectivity index (χ2v) is 5.72. The number of rotatable bonds is 7. The van der Waals surface area contributed by atoms with Crippen LogP contribution in [0, 0.1) is 6.92 Å². The Morgan fingerprint density at radius 1 is 0.889 bits per heavy atom. The molecular weight excluding hydrogens is 352 g/mol. The van der Waals surface area contributed by atoms with Gasteiger partial charge >= 0.3 is 17.9 Å². The number of esters is 3. The van der Waals surface area contributed by atoms with Crippen molar-refractivity contribution in [2.75, 3.05) is 40.7 Å². The van der Waals surface area contributed by atoms with Crippen molar-refractivity contribution in [2.45, 2.75) is 6.92 Å². The summed E-state index contributed by atoms with van der Waals surface area (Å²) in [5, 5.41) is 2.84. The van der Waals surface area contributed by atoms with E-state index in [1.54, 1.807) is 26.2 Å². The number of carbonyl (C=O) groups is 3. The summed E-state index contributed by atoms with van der Waals surface area (Å²) < 4.78 is 14.3. The van der Waals surface area contributed by atoms with E-state index in [2.05, 4.69) is 5.32 Å². The Morgan fingerprint density at radius 2 is 1.41 bits per heavy atom. The second kappa shape index (κ2) is 10.0. The third-order valence-corrected chi connectivity index (χ3v) is 3.41. The van der Waals surface area contributed by atoms with Gasteiger partial charge in [0.25, 0.3) is 0 Å². The van der Waals surface area contributed by atoms with Crippen molar-refractivity contribution in [2.24, 2.45) is 0 Å². The van der Waals surface area contributed by atoms with Crippen molar-refractivity contribution in [3.05, 3.63) is 52.9 Å². The lowest BCUT2D eigenvalue weighted by atomic mass is 10.0. The Balaban J connectivity index is 3.70. The van der Waals surface area contributed by atoms with Crippen molar-refractivity contribution < 1.29 is 28.6 Å². The summed E-state index contributed by atoms with van der Waals surface area (Å²) in [6, 6.07) is 7.10. The number of nitrogens with zero attached hydrogens (tertiary/aromatic N) is 1. The van der Waals surface area contributed by atoms with Crippen LogP contribution in [0.5, 0.6) is 0 Å². The van der Waals surface area contributed by atoms with Crippen LogP contribution in [-0.2, 0) is 28.6 Å². The molecule has 0 saturated carbocycles. The smallest absolute Gasteiger partial charge is 0.355 e. The Bertz CT molecular complexity index is 763. The molecule has 1 aromatic carbocycles. The first-order valence-corrected chi connectivity index (χ1v) is 7.96. The quantitative estimate of drug-likeness (QED) is 0.332. The molecule has 0 unspecified atom stereocenters. The van der Waals surface area contributed by atoms with E-state index in [-0.39, 0.29) is 16.8 Å². The maximum absolute atomic E-state index is 12.5. The highest BCUT2D eigenvalue weighted by molar-refractivity contribution is 6.12. The van der Waals surface area contributed by atoms with E-state index in [4.69, 9.17) is 14.2 Å². The fourth-order valence-electron chi connectivity index (χ4n) is 2.14. The number of carbonyl (C=O) groups excluding carboxylic acids is 3. The van der Waals surface area contributed by atoms with Gasteiger partial charge in [0.05, 0.1) is 26.9 Å². The van der Waals surface area contributed by atoms with Gasteiger partial charge < -0.3 is 24.4 Å². The first kappa shape index (κ1) is 21.8. The molecule has 0 bridgehead atoms. The highest BCUT2D eigenvalue weighted by atomic mass is 16.5. The molecule has 8 heteroatoms. The van der Waals surface area contributed by atoms with E-state index < -0.39 is 17.9 Å². The Kier molecular flexibility index (Phi) is 8.06. The summed E-state index contributed by atoms with van der Waals surface area (Å²) in [7, 11) is 6.80. The van der Waals surface area contributed by atoms with Crippen LogP contribution in [0.4, 0.5) is 5.69 Å². The van der Waals surface area contributed by atoms with Crippen molar-refractivity contribution in [1.29, 1.82) is 0 Å². The third kappa shape index (κ3) is 5.88. The molecule has 0 aromatic heterocycles. The number of ether oxygens (including phenoxy) is 3. The molecule has 0 saturated heterocycles. The number of hydrogen-bond donors (Lipinski definition) is 1. The average molecular weight is 376 g/mol. The predicted molar refractivity (Wildman–Crippen MR) is 99.6 cm³/mol. The van der Waals surface area contributed by atoms with Gasteiger partial charge in [-0.1, -0.05) is 17.7 Å². The van der Waals surface area contributed by atoms with Crippen LogP contribution in [-0.4, -0.2) is 58.2 Å². The molecule has 0 aliphatic rings. The minimum absolute atomic E-state index is 0.158. The average Bonchev–Trinajstić information content (AvgIpc) is 2.66. The summed E-state index contributed by atoms with van der Waals surface area (Å²) >= 11 is 0. The molecular formula is C19H24N2O6. The molecule has 27 heavy (non-hydrogen) atoms. The largest absolute Gasteiger partial charge is 0.465 e. The van der Waals surface area contributed by atoms with Crippen LogP contribution >= 0.6 is 0 Å². The zero-order valence-electron chi connectivity index (χ0n) is 16.3. The summed E-state index contributed by atoms with van der Waals surface area (Å²) in [5.41, 5.74) is 0.836. The first-order chi connectivity index (χ1) is 12.7. The molecule has 1 N–H and O–H groups in total. The molecule has 0 fully saturated rings. The van der Waals surface area contributed by atoms with Crippen molar-refractivity contribution in [1.82, 2.24) is 4.90 Å². The Morgan fingerprint density at radius 3 is 1.85 bits per heavy atom. The number of hydrogen-bond acceptors (Lipinski definition) is 8. The molecule has 8 nitrogen and oxygen atoms in total. The monoisotopic (exact) mass is 376 g/mol. The van der Waals surface area contributed by atoms with Gasteiger partial charge in [0.2, 0.25) is 0 Å². The summed E-state index contributed by atoms with van der Waals surface area (Å²) in [4.78, 5) is 38.7. The van der Waals surface area contributed by atoms with Crippen molar-refractivity contribution in [3.8, 4) is 0 Å². The topological polar surface area (TPSA) is 94.2 Å². The van der Waals surface area contributed by atoms with Crippen LogP contribution in [0.25, 0.3) is 0 Å². The molecule has 0 radical (unpaired) electrons. The fourth-order valence-corrected chi connectivity index (χ4v) is 2.14. The van der Waals surface area contributed by atoms with E-state index in [1.807, 2.05) is 19.1 Å². The van der Waals surface area contributed by atoms with Crippen LogP contribution in [0.3, 0.4) is 0 Å². The van der Waals surface area contributed by atoms with Gasteiger partial charge in [0.15, 0.2) is 0 Å². The summed E-state index contributed by atoms with van der Waals surface area (Å²) in [5.74, 6) is -2.55. The van der Waals surface area contributed by atoms with Gasteiger partial charge in [0, 0.05) is 26.0 Å². The van der Waals surface area contributed by atoms with Gasteiger partial charge in [-0.05, 0) is 19.1 Å². The SMILES string of the molecule is COC(=O)C(=C/N(C)C)/C(C(=O)OC)=C(\Nc1ccc(C)cc1)C(=O)OC. The van der Waals surface area contributed by atoms with Crippen LogP contribution < -0.4 is 5.32 Å². The summed E-state index contributed by atoms with van der Waals surface area (Å²) in [6.07, 6.45) is 1.36.